The Morgan fingerprint density at radius 2 is 1.53 bits per heavy atom. The lowest BCUT2D eigenvalue weighted by molar-refractivity contribution is 0.232. The first-order valence-corrected chi connectivity index (χ1v) is 13.2. The highest BCUT2D eigenvalue weighted by molar-refractivity contribution is 6.99. The van der Waals surface area contributed by atoms with Crippen LogP contribution >= 0.6 is 0 Å². The van der Waals surface area contributed by atoms with Crippen LogP contribution in [0.15, 0.2) is 65.7 Å². The van der Waals surface area contributed by atoms with Crippen molar-refractivity contribution in [2.75, 3.05) is 19.7 Å². The summed E-state index contributed by atoms with van der Waals surface area (Å²) in [6, 6.07) is 22.5. The fourth-order valence-corrected chi connectivity index (χ4v) is 9.42. The highest BCUT2D eigenvalue weighted by Crippen LogP contribution is 2.37. The average molecular weight is 422 g/mol. The van der Waals surface area contributed by atoms with Gasteiger partial charge in [0.2, 0.25) is 0 Å². The standard InChI is InChI=1S/C25H35N3OSi/c1-20-15-17-28-18-16-21(27-24(28)26-20)19-29-30(25(2,3)4,22-11-7-5-8-12-22)23-13-9-6-10-14-23/h5-14,20-21H,15-19H2,1-4H3,(H,26,27)/t20-,21-/m1/s1. The quantitative estimate of drug-likeness (QED) is 0.752. The van der Waals surface area contributed by atoms with Crippen LogP contribution in [0.4, 0.5) is 0 Å². The van der Waals surface area contributed by atoms with Gasteiger partial charge in [0.15, 0.2) is 5.96 Å². The minimum atomic E-state index is -2.49. The topological polar surface area (TPSA) is 36.9 Å². The lowest BCUT2D eigenvalue weighted by Gasteiger charge is -2.44. The molecule has 160 valence electrons. The number of rotatable bonds is 5. The lowest BCUT2D eigenvalue weighted by Crippen LogP contribution is -2.67. The molecule has 0 saturated carbocycles. The molecule has 2 aromatic carbocycles. The van der Waals surface area contributed by atoms with Crippen molar-refractivity contribution in [1.29, 1.82) is 0 Å². The second kappa shape index (κ2) is 8.56. The summed E-state index contributed by atoms with van der Waals surface area (Å²) in [5, 5.41) is 6.24. The van der Waals surface area contributed by atoms with Gasteiger partial charge < -0.3 is 14.6 Å². The number of benzene rings is 2. The van der Waals surface area contributed by atoms with Gasteiger partial charge in [-0.1, -0.05) is 81.4 Å². The second-order valence-electron chi connectivity index (χ2n) is 9.69. The van der Waals surface area contributed by atoms with Crippen molar-refractivity contribution < 1.29 is 4.43 Å². The first-order chi connectivity index (χ1) is 14.4. The van der Waals surface area contributed by atoms with Crippen LogP contribution in [0.1, 0.15) is 40.5 Å². The Bertz CT molecular complexity index is 823. The van der Waals surface area contributed by atoms with E-state index >= 15 is 0 Å². The fraction of sp³-hybridized carbons (Fsp3) is 0.480. The van der Waals surface area contributed by atoms with Gasteiger partial charge in [-0.3, -0.25) is 0 Å². The van der Waals surface area contributed by atoms with Crippen LogP contribution in [0.5, 0.6) is 0 Å². The molecule has 0 unspecified atom stereocenters. The summed E-state index contributed by atoms with van der Waals surface area (Å²) in [5.74, 6) is 1.07. The molecular weight excluding hydrogens is 386 g/mol. The van der Waals surface area contributed by atoms with Gasteiger partial charge in [-0.25, -0.2) is 4.99 Å². The summed E-state index contributed by atoms with van der Waals surface area (Å²) in [4.78, 5) is 7.44. The maximum Gasteiger partial charge on any atom is 0.261 e. The van der Waals surface area contributed by atoms with Crippen LogP contribution in [-0.4, -0.2) is 51.0 Å². The smallest absolute Gasteiger partial charge is 0.261 e. The van der Waals surface area contributed by atoms with Crippen LogP contribution in [0.25, 0.3) is 0 Å². The molecule has 1 fully saturated rings. The Morgan fingerprint density at radius 1 is 0.967 bits per heavy atom. The Hall–Kier alpha value is -2.11. The zero-order valence-electron chi connectivity index (χ0n) is 18.8. The van der Waals surface area contributed by atoms with Gasteiger partial charge in [-0.05, 0) is 35.2 Å². The maximum absolute atomic E-state index is 7.10. The van der Waals surface area contributed by atoms with Gasteiger partial charge in [-0.15, -0.1) is 0 Å². The molecule has 2 atom stereocenters. The third-order valence-electron chi connectivity index (χ3n) is 6.45. The minimum absolute atomic E-state index is 0.00115. The number of hydrogen-bond acceptors (Lipinski definition) is 4. The summed E-state index contributed by atoms with van der Waals surface area (Å²) in [7, 11) is -2.49. The molecule has 0 amide bonds. The molecule has 0 aliphatic carbocycles. The monoisotopic (exact) mass is 421 g/mol. The Balaban J connectivity index is 1.67. The second-order valence-corrected chi connectivity index (χ2v) is 14.0. The van der Waals surface area contributed by atoms with Gasteiger partial charge in [0.25, 0.3) is 8.32 Å². The van der Waals surface area contributed by atoms with E-state index in [-0.39, 0.29) is 11.1 Å². The average Bonchev–Trinajstić information content (AvgIpc) is 2.74. The number of nitrogens with one attached hydrogen (secondary N) is 1. The highest BCUT2D eigenvalue weighted by atomic mass is 28.4. The predicted molar refractivity (Wildman–Crippen MR) is 128 cm³/mol. The number of aliphatic imine (C=N–C) groups is 1. The molecule has 0 aromatic heterocycles. The largest absolute Gasteiger partial charge is 0.405 e. The molecule has 2 heterocycles. The van der Waals surface area contributed by atoms with Gasteiger partial charge in [0.1, 0.15) is 0 Å². The zero-order valence-corrected chi connectivity index (χ0v) is 19.8. The van der Waals surface area contributed by atoms with E-state index in [1.807, 2.05) is 0 Å². The van der Waals surface area contributed by atoms with Crippen molar-refractivity contribution in [3.63, 3.8) is 0 Å². The van der Waals surface area contributed by atoms with Crippen LogP contribution < -0.4 is 15.7 Å². The van der Waals surface area contributed by atoms with Crippen molar-refractivity contribution >= 4 is 24.7 Å². The summed E-state index contributed by atoms with van der Waals surface area (Å²) in [5.41, 5.74) is 0. The first kappa shape index (κ1) is 21.1. The SMILES string of the molecule is C[C@@H]1CCN2CC[C@H](CO[Si](c3ccccc3)(c3ccccc3)C(C)(C)C)N=C2N1. The third-order valence-corrected chi connectivity index (χ3v) is 11.5. The van der Waals surface area contributed by atoms with Crippen molar-refractivity contribution in [3.8, 4) is 0 Å². The number of hydrogen-bond donors (Lipinski definition) is 1. The molecule has 0 spiro atoms. The zero-order chi connectivity index (χ0) is 21.2. The lowest BCUT2D eigenvalue weighted by atomic mass is 10.1. The van der Waals surface area contributed by atoms with Gasteiger partial charge in [0.05, 0.1) is 12.6 Å². The van der Waals surface area contributed by atoms with Crippen molar-refractivity contribution in [3.05, 3.63) is 60.7 Å². The molecule has 2 aromatic rings. The number of guanidine groups is 1. The molecule has 2 aliphatic heterocycles. The van der Waals surface area contributed by atoms with Crippen molar-refractivity contribution in [2.24, 2.45) is 4.99 Å². The van der Waals surface area contributed by atoms with Crippen molar-refractivity contribution in [2.45, 2.75) is 57.7 Å². The summed E-state index contributed by atoms with van der Waals surface area (Å²) >= 11 is 0. The fourth-order valence-electron chi connectivity index (χ4n) is 4.82. The molecule has 4 nitrogen and oxygen atoms in total. The normalized spacial score (nSPS) is 22.1. The van der Waals surface area contributed by atoms with Crippen LogP contribution in [-0.2, 0) is 4.43 Å². The molecule has 0 radical (unpaired) electrons. The van der Waals surface area contributed by atoms with Crippen LogP contribution in [0.2, 0.25) is 5.04 Å². The van der Waals surface area contributed by atoms with Crippen LogP contribution in [0.3, 0.4) is 0 Å². The molecular formula is C25H35N3OSi. The predicted octanol–water partition coefficient (Wildman–Crippen LogP) is 3.38. The van der Waals surface area contributed by atoms with E-state index < -0.39 is 8.32 Å². The van der Waals surface area contributed by atoms with Gasteiger partial charge in [0, 0.05) is 19.1 Å². The third kappa shape index (κ3) is 4.05. The number of fused-ring (bicyclic) bond motifs is 1. The minimum Gasteiger partial charge on any atom is -0.405 e. The molecule has 0 bridgehead atoms. The van der Waals surface area contributed by atoms with E-state index in [0.29, 0.717) is 12.6 Å². The Morgan fingerprint density at radius 3 is 2.10 bits per heavy atom. The molecule has 5 heteroatoms. The maximum atomic E-state index is 7.10. The molecule has 1 N–H and O–H groups in total. The van der Waals surface area contributed by atoms with E-state index in [2.05, 4.69) is 98.6 Å². The summed E-state index contributed by atoms with van der Waals surface area (Å²) in [6.45, 7) is 12.1. The summed E-state index contributed by atoms with van der Waals surface area (Å²) in [6.07, 6.45) is 2.24. The van der Waals surface area contributed by atoms with Crippen LogP contribution in [0, 0.1) is 0 Å². The van der Waals surface area contributed by atoms with E-state index in [0.717, 1.165) is 25.5 Å². The highest BCUT2D eigenvalue weighted by Gasteiger charge is 2.50. The Kier molecular flexibility index (Phi) is 6.03. The summed E-state index contributed by atoms with van der Waals surface area (Å²) < 4.78 is 7.10. The molecule has 2 aliphatic rings. The molecule has 30 heavy (non-hydrogen) atoms. The van der Waals surface area contributed by atoms with E-state index in [1.165, 1.54) is 16.8 Å². The van der Waals surface area contributed by atoms with E-state index in [9.17, 15) is 0 Å². The first-order valence-electron chi connectivity index (χ1n) is 11.2. The molecule has 4 rings (SSSR count). The van der Waals surface area contributed by atoms with Gasteiger partial charge in [-0.2, -0.15) is 0 Å². The van der Waals surface area contributed by atoms with Gasteiger partial charge >= 0.3 is 0 Å². The molecule has 1 saturated heterocycles. The van der Waals surface area contributed by atoms with E-state index in [4.69, 9.17) is 9.42 Å². The van der Waals surface area contributed by atoms with E-state index in [1.54, 1.807) is 0 Å². The number of nitrogens with zero attached hydrogens (tertiary/aromatic N) is 2. The Labute approximate surface area is 182 Å². The van der Waals surface area contributed by atoms with Crippen molar-refractivity contribution in [1.82, 2.24) is 10.2 Å².